The highest BCUT2D eigenvalue weighted by atomic mass is 32.2. The van der Waals surface area contributed by atoms with Crippen molar-refractivity contribution in [3.63, 3.8) is 0 Å². The molecule has 0 spiro atoms. The lowest BCUT2D eigenvalue weighted by atomic mass is 10.1. The second-order valence-electron chi connectivity index (χ2n) is 6.58. The fourth-order valence-electron chi connectivity index (χ4n) is 3.05. The quantitative estimate of drug-likeness (QED) is 0.863. The van der Waals surface area contributed by atoms with Crippen LogP contribution in [0.5, 0.6) is 0 Å². The van der Waals surface area contributed by atoms with Gasteiger partial charge in [-0.15, -0.1) is 0 Å². The Morgan fingerprint density at radius 2 is 1.96 bits per heavy atom. The number of hydrogen-bond donors (Lipinski definition) is 1. The zero-order chi connectivity index (χ0) is 18.7. The number of nitrogens with zero attached hydrogens (tertiary/aromatic N) is 3. The van der Waals surface area contributed by atoms with Gasteiger partial charge in [-0.1, -0.05) is 6.07 Å². The lowest BCUT2D eigenvalue weighted by Gasteiger charge is -2.26. The summed E-state index contributed by atoms with van der Waals surface area (Å²) in [7, 11) is -1.90. The maximum absolute atomic E-state index is 12.6. The van der Waals surface area contributed by atoms with Gasteiger partial charge in [0.05, 0.1) is 11.1 Å². The van der Waals surface area contributed by atoms with Crippen LogP contribution in [-0.2, 0) is 23.6 Å². The van der Waals surface area contributed by atoms with Crippen molar-refractivity contribution in [1.82, 2.24) is 19.4 Å². The second kappa shape index (κ2) is 7.59. The van der Waals surface area contributed by atoms with Gasteiger partial charge < -0.3 is 4.90 Å². The summed E-state index contributed by atoms with van der Waals surface area (Å²) in [6.45, 7) is 3.50. The number of piperidine rings is 1. The first-order chi connectivity index (χ1) is 12.4. The molecule has 7 nitrogen and oxygen atoms in total. The number of amides is 1. The highest BCUT2D eigenvalue weighted by molar-refractivity contribution is 7.89. The molecule has 2 aromatic rings. The van der Waals surface area contributed by atoms with Gasteiger partial charge in [-0.2, -0.15) is 5.10 Å². The molecule has 0 radical (unpaired) electrons. The first-order valence-corrected chi connectivity index (χ1v) is 10.2. The smallest absolute Gasteiger partial charge is 0.253 e. The van der Waals surface area contributed by atoms with E-state index < -0.39 is 10.0 Å². The molecule has 1 aromatic carbocycles. The Kier molecular flexibility index (Phi) is 5.43. The SMILES string of the molecule is Cc1c(CNS(=O)(=O)c2cccc(C(=O)N3CCCCC3)c2)cnn1C. The Morgan fingerprint density at radius 3 is 2.62 bits per heavy atom. The van der Waals surface area contributed by atoms with Gasteiger partial charge in [-0.05, 0) is 44.4 Å². The predicted molar refractivity (Wildman–Crippen MR) is 98.2 cm³/mol. The number of benzene rings is 1. The number of aryl methyl sites for hydroxylation is 1. The number of rotatable bonds is 5. The van der Waals surface area contributed by atoms with Gasteiger partial charge in [0.1, 0.15) is 0 Å². The average Bonchev–Trinajstić information content (AvgIpc) is 2.98. The molecule has 0 atom stereocenters. The number of carbonyl (C=O) groups excluding carboxylic acids is 1. The van der Waals surface area contributed by atoms with E-state index in [2.05, 4.69) is 9.82 Å². The average molecular weight is 376 g/mol. The normalized spacial score (nSPS) is 15.2. The molecule has 0 unspecified atom stereocenters. The molecule has 140 valence electrons. The summed E-state index contributed by atoms with van der Waals surface area (Å²) in [5, 5.41) is 4.11. The topological polar surface area (TPSA) is 84.3 Å². The van der Waals surface area contributed by atoms with Crippen molar-refractivity contribution < 1.29 is 13.2 Å². The summed E-state index contributed by atoms with van der Waals surface area (Å²) < 4.78 is 29.5. The maximum Gasteiger partial charge on any atom is 0.253 e. The van der Waals surface area contributed by atoms with Crippen LogP contribution in [0.2, 0.25) is 0 Å². The van der Waals surface area contributed by atoms with Gasteiger partial charge in [0.2, 0.25) is 10.0 Å². The van der Waals surface area contributed by atoms with E-state index in [4.69, 9.17) is 0 Å². The van der Waals surface area contributed by atoms with Gasteiger partial charge in [0.25, 0.3) is 5.91 Å². The first kappa shape index (κ1) is 18.6. The molecule has 1 N–H and O–H groups in total. The summed E-state index contributed by atoms with van der Waals surface area (Å²) in [5.74, 6) is -0.107. The zero-order valence-corrected chi connectivity index (χ0v) is 15.9. The van der Waals surface area contributed by atoms with Gasteiger partial charge in [0.15, 0.2) is 0 Å². The molecule has 1 aliphatic heterocycles. The Balaban J connectivity index is 1.75. The summed E-state index contributed by atoms with van der Waals surface area (Å²) >= 11 is 0. The molecule has 1 aromatic heterocycles. The lowest BCUT2D eigenvalue weighted by Crippen LogP contribution is -2.35. The molecule has 1 fully saturated rings. The predicted octanol–water partition coefficient (Wildman–Crippen LogP) is 1.83. The van der Waals surface area contributed by atoms with Crippen molar-refractivity contribution in [3.05, 3.63) is 47.3 Å². The Labute approximate surface area is 154 Å². The third-order valence-electron chi connectivity index (χ3n) is 4.82. The van der Waals surface area contributed by atoms with Crippen LogP contribution in [0.3, 0.4) is 0 Å². The van der Waals surface area contributed by atoms with E-state index in [9.17, 15) is 13.2 Å². The van der Waals surface area contributed by atoms with Gasteiger partial charge in [-0.3, -0.25) is 9.48 Å². The van der Waals surface area contributed by atoms with Gasteiger partial charge in [-0.25, -0.2) is 13.1 Å². The molecule has 0 bridgehead atoms. The Hall–Kier alpha value is -2.19. The van der Waals surface area contributed by atoms with Crippen LogP contribution >= 0.6 is 0 Å². The van der Waals surface area contributed by atoms with E-state index in [-0.39, 0.29) is 17.3 Å². The highest BCUT2D eigenvalue weighted by Crippen LogP contribution is 2.17. The number of likely N-dealkylation sites (tertiary alicyclic amines) is 1. The minimum atomic E-state index is -3.71. The standard InChI is InChI=1S/C18H24N4O3S/c1-14-16(12-19-21(14)2)13-20-26(24,25)17-8-6-7-15(11-17)18(23)22-9-4-3-5-10-22/h6-8,11-12,20H,3-5,9-10,13H2,1-2H3. The second-order valence-corrected chi connectivity index (χ2v) is 8.35. The van der Waals surface area contributed by atoms with E-state index in [1.165, 1.54) is 12.1 Å². The fourth-order valence-corrected chi connectivity index (χ4v) is 4.10. The van der Waals surface area contributed by atoms with Crippen molar-refractivity contribution in [3.8, 4) is 0 Å². The largest absolute Gasteiger partial charge is 0.339 e. The van der Waals surface area contributed by atoms with Crippen molar-refractivity contribution in [2.45, 2.75) is 37.6 Å². The number of carbonyl (C=O) groups is 1. The van der Waals surface area contributed by atoms with Crippen LogP contribution in [-0.4, -0.2) is 42.1 Å². The van der Waals surface area contributed by atoms with Crippen molar-refractivity contribution in [2.24, 2.45) is 7.05 Å². The molecule has 0 aliphatic carbocycles. The van der Waals surface area contributed by atoms with E-state index in [1.807, 2.05) is 14.0 Å². The molecule has 1 aliphatic rings. The lowest BCUT2D eigenvalue weighted by molar-refractivity contribution is 0.0724. The van der Waals surface area contributed by atoms with Gasteiger partial charge >= 0.3 is 0 Å². The fraction of sp³-hybridized carbons (Fsp3) is 0.444. The Bertz CT molecular complexity index is 899. The summed E-state index contributed by atoms with van der Waals surface area (Å²) in [6, 6.07) is 6.24. The maximum atomic E-state index is 12.6. The number of aromatic nitrogens is 2. The molecule has 1 amide bonds. The van der Waals surface area contributed by atoms with Crippen LogP contribution in [0.25, 0.3) is 0 Å². The van der Waals surface area contributed by atoms with E-state index in [0.29, 0.717) is 5.56 Å². The Morgan fingerprint density at radius 1 is 1.23 bits per heavy atom. The van der Waals surface area contributed by atoms with Gasteiger partial charge in [0, 0.05) is 43.5 Å². The van der Waals surface area contributed by atoms with Crippen LogP contribution < -0.4 is 4.72 Å². The molecule has 0 saturated carbocycles. The third kappa shape index (κ3) is 3.96. The van der Waals surface area contributed by atoms with Crippen molar-refractivity contribution in [2.75, 3.05) is 13.1 Å². The highest BCUT2D eigenvalue weighted by Gasteiger charge is 2.21. The zero-order valence-electron chi connectivity index (χ0n) is 15.1. The summed E-state index contributed by atoms with van der Waals surface area (Å²) in [5.41, 5.74) is 2.13. The number of sulfonamides is 1. The van der Waals surface area contributed by atoms with Crippen LogP contribution in [0.4, 0.5) is 0 Å². The van der Waals surface area contributed by atoms with E-state index >= 15 is 0 Å². The molecule has 26 heavy (non-hydrogen) atoms. The minimum Gasteiger partial charge on any atom is -0.339 e. The van der Waals surface area contributed by atoms with E-state index in [0.717, 1.165) is 43.6 Å². The van der Waals surface area contributed by atoms with Crippen LogP contribution in [0.1, 0.15) is 40.9 Å². The third-order valence-corrected chi connectivity index (χ3v) is 6.22. The first-order valence-electron chi connectivity index (χ1n) is 8.75. The summed E-state index contributed by atoms with van der Waals surface area (Å²) in [4.78, 5) is 14.5. The molecular formula is C18H24N4O3S. The van der Waals surface area contributed by atoms with E-state index in [1.54, 1.807) is 27.9 Å². The molecule has 2 heterocycles. The van der Waals surface area contributed by atoms with Crippen molar-refractivity contribution in [1.29, 1.82) is 0 Å². The summed E-state index contributed by atoms with van der Waals surface area (Å²) in [6.07, 6.45) is 4.77. The number of hydrogen-bond acceptors (Lipinski definition) is 4. The van der Waals surface area contributed by atoms with Crippen molar-refractivity contribution >= 4 is 15.9 Å². The monoisotopic (exact) mass is 376 g/mol. The van der Waals surface area contributed by atoms with Crippen LogP contribution in [0.15, 0.2) is 35.4 Å². The molecule has 1 saturated heterocycles. The van der Waals surface area contributed by atoms with Crippen LogP contribution in [0, 0.1) is 6.92 Å². The minimum absolute atomic E-state index is 0.0990. The molecule has 3 rings (SSSR count). The molecular weight excluding hydrogens is 352 g/mol. The number of nitrogens with one attached hydrogen (secondary N) is 1. The molecule has 8 heteroatoms.